The number of hydrogen-bond donors (Lipinski definition) is 0. The smallest absolute Gasteiger partial charge is 0.252 e. The van der Waals surface area contributed by atoms with Crippen LogP contribution in [-0.2, 0) is 21.4 Å². The molecule has 0 aromatic carbocycles. The Hall–Kier alpha value is -1.64. The molecular weight excluding hydrogens is 420 g/mol. The average molecular weight is 449 g/mol. The maximum absolute atomic E-state index is 13.6. The Morgan fingerprint density at radius 2 is 1.80 bits per heavy atom. The highest BCUT2D eigenvalue weighted by Gasteiger charge is 2.54. The lowest BCUT2D eigenvalue weighted by Gasteiger charge is -2.60. The largest absolute Gasteiger partial charge is 0.467 e. The number of thiophene rings is 1. The van der Waals surface area contributed by atoms with Crippen LogP contribution < -0.4 is 0 Å². The first-order chi connectivity index (χ1) is 14.4. The summed E-state index contributed by atoms with van der Waals surface area (Å²) < 4.78 is 32.8. The van der Waals surface area contributed by atoms with Crippen LogP contribution in [-0.4, -0.2) is 42.7 Å². The Labute approximate surface area is 181 Å². The van der Waals surface area contributed by atoms with Gasteiger partial charge in [0.25, 0.3) is 10.0 Å². The molecule has 0 saturated heterocycles. The molecule has 4 aliphatic carbocycles. The first-order valence-corrected chi connectivity index (χ1v) is 13.0. The number of furan rings is 1. The fraction of sp³-hybridized carbons (Fsp3) is 0.591. The number of nitrogens with zero attached hydrogens (tertiary/aromatic N) is 2. The van der Waals surface area contributed by atoms with Crippen LogP contribution in [0.5, 0.6) is 0 Å². The summed E-state index contributed by atoms with van der Waals surface area (Å²) in [4.78, 5) is 15.6. The molecule has 2 aromatic heterocycles. The highest BCUT2D eigenvalue weighted by Crippen LogP contribution is 2.58. The van der Waals surface area contributed by atoms with Crippen molar-refractivity contribution in [3.8, 4) is 0 Å². The van der Waals surface area contributed by atoms with E-state index in [9.17, 15) is 13.2 Å². The monoisotopic (exact) mass is 448 g/mol. The van der Waals surface area contributed by atoms with Crippen LogP contribution in [0.1, 0.15) is 44.3 Å². The van der Waals surface area contributed by atoms with Crippen molar-refractivity contribution in [2.75, 3.05) is 13.6 Å². The van der Waals surface area contributed by atoms with Crippen molar-refractivity contribution >= 4 is 27.3 Å². The molecule has 1 amide bonds. The minimum Gasteiger partial charge on any atom is -0.467 e. The molecule has 4 bridgehead atoms. The summed E-state index contributed by atoms with van der Waals surface area (Å²) in [5.74, 6) is 2.70. The van der Waals surface area contributed by atoms with Crippen molar-refractivity contribution in [2.45, 2.75) is 54.8 Å². The normalized spacial score (nSPS) is 30.1. The van der Waals surface area contributed by atoms with Gasteiger partial charge in [-0.05, 0) is 79.9 Å². The van der Waals surface area contributed by atoms with Gasteiger partial charge in [0.2, 0.25) is 5.91 Å². The number of sulfonamides is 1. The minimum absolute atomic E-state index is 0.129. The Morgan fingerprint density at radius 1 is 1.13 bits per heavy atom. The van der Waals surface area contributed by atoms with E-state index < -0.39 is 10.0 Å². The fourth-order valence-corrected chi connectivity index (χ4v) is 8.72. The molecule has 4 fully saturated rings. The molecule has 0 atom stereocenters. The lowest BCUT2D eigenvalue weighted by Crippen LogP contribution is -2.62. The fourth-order valence-electron chi connectivity index (χ4n) is 6.40. The van der Waals surface area contributed by atoms with Crippen molar-refractivity contribution < 1.29 is 17.6 Å². The van der Waals surface area contributed by atoms with Gasteiger partial charge in [0.1, 0.15) is 9.97 Å². The van der Waals surface area contributed by atoms with Crippen molar-refractivity contribution in [1.82, 2.24) is 9.21 Å². The van der Waals surface area contributed by atoms with E-state index in [0.717, 1.165) is 25.0 Å². The Balaban J connectivity index is 1.41. The molecule has 162 valence electrons. The first kappa shape index (κ1) is 20.3. The molecule has 30 heavy (non-hydrogen) atoms. The molecule has 0 aliphatic heterocycles. The molecule has 6 nitrogen and oxygen atoms in total. The van der Waals surface area contributed by atoms with E-state index in [2.05, 4.69) is 0 Å². The number of carbonyl (C=O) groups excluding carboxylic acids is 1. The van der Waals surface area contributed by atoms with Gasteiger partial charge in [0.05, 0.1) is 19.4 Å². The Morgan fingerprint density at radius 3 is 2.33 bits per heavy atom. The second-order valence-corrected chi connectivity index (χ2v) is 12.6. The van der Waals surface area contributed by atoms with Crippen LogP contribution in [0.15, 0.2) is 44.5 Å². The Bertz CT molecular complexity index is 963. The lowest BCUT2D eigenvalue weighted by molar-refractivity contribution is -0.153. The number of hydrogen-bond acceptors (Lipinski definition) is 5. The van der Waals surface area contributed by atoms with Gasteiger partial charge in [-0.15, -0.1) is 11.3 Å². The summed E-state index contributed by atoms with van der Waals surface area (Å²) in [7, 11) is -2.16. The third-order valence-corrected chi connectivity index (χ3v) is 10.5. The molecule has 2 aromatic rings. The van der Waals surface area contributed by atoms with E-state index in [0.29, 0.717) is 24.3 Å². The zero-order valence-electron chi connectivity index (χ0n) is 17.2. The maximum atomic E-state index is 13.6. The van der Waals surface area contributed by atoms with Crippen LogP contribution in [0.25, 0.3) is 0 Å². The van der Waals surface area contributed by atoms with Crippen LogP contribution in [0.2, 0.25) is 0 Å². The molecular formula is C22H28N2O4S2. The zero-order valence-corrected chi connectivity index (χ0v) is 18.8. The number of carbonyl (C=O) groups is 1. The predicted molar refractivity (Wildman–Crippen MR) is 114 cm³/mol. The maximum Gasteiger partial charge on any atom is 0.252 e. The predicted octanol–water partition coefficient (Wildman–Crippen LogP) is 3.96. The quantitative estimate of drug-likeness (QED) is 0.643. The molecule has 4 saturated carbocycles. The molecule has 2 heterocycles. The molecule has 0 spiro atoms. The van der Waals surface area contributed by atoms with Gasteiger partial charge in [-0.25, -0.2) is 8.42 Å². The Kier molecular flexibility index (Phi) is 5.07. The van der Waals surface area contributed by atoms with Gasteiger partial charge in [-0.2, -0.15) is 4.31 Å². The highest BCUT2D eigenvalue weighted by molar-refractivity contribution is 7.91. The molecule has 6 rings (SSSR count). The van der Waals surface area contributed by atoms with E-state index in [4.69, 9.17) is 4.42 Å². The van der Waals surface area contributed by atoms with Crippen LogP contribution in [0.4, 0.5) is 0 Å². The molecule has 4 aliphatic rings. The van der Waals surface area contributed by atoms with E-state index >= 15 is 0 Å². The van der Waals surface area contributed by atoms with Crippen molar-refractivity contribution in [1.29, 1.82) is 0 Å². The van der Waals surface area contributed by atoms with E-state index in [-0.39, 0.29) is 22.2 Å². The van der Waals surface area contributed by atoms with Crippen molar-refractivity contribution in [3.05, 3.63) is 41.7 Å². The third-order valence-electron chi connectivity index (χ3n) is 7.29. The number of likely N-dealkylation sites (N-methyl/N-ethyl adjacent to an activating group) is 1. The SMILES string of the molecule is CN(CC(=O)N(Cc1ccco1)C12CC3CC(CC(C3)C1)C2)S(=O)(=O)c1cccs1. The topological polar surface area (TPSA) is 70.8 Å². The van der Waals surface area contributed by atoms with Crippen molar-refractivity contribution in [3.63, 3.8) is 0 Å². The molecule has 0 unspecified atom stereocenters. The standard InChI is InChI=1S/C22H28N2O4S2/c1-23(30(26,27)21-5-3-7-29-21)15-20(25)24(14-19-4-2-6-28-19)22-11-16-8-17(12-22)10-18(9-16)13-22/h2-7,16-18H,8-15H2,1H3. The van der Waals surface area contributed by atoms with Crippen LogP contribution >= 0.6 is 11.3 Å². The van der Waals surface area contributed by atoms with E-state index in [1.54, 1.807) is 23.8 Å². The highest BCUT2D eigenvalue weighted by atomic mass is 32.2. The van der Waals surface area contributed by atoms with Gasteiger partial charge < -0.3 is 9.32 Å². The molecule has 8 heteroatoms. The van der Waals surface area contributed by atoms with Gasteiger partial charge in [0, 0.05) is 12.6 Å². The van der Waals surface area contributed by atoms with Gasteiger partial charge in [0.15, 0.2) is 0 Å². The van der Waals surface area contributed by atoms with Gasteiger partial charge in [-0.3, -0.25) is 4.79 Å². The second-order valence-electron chi connectivity index (χ2n) is 9.39. The van der Waals surface area contributed by atoms with Gasteiger partial charge in [-0.1, -0.05) is 6.07 Å². The first-order valence-electron chi connectivity index (χ1n) is 10.7. The van der Waals surface area contributed by atoms with Crippen LogP contribution in [0, 0.1) is 17.8 Å². The van der Waals surface area contributed by atoms with Gasteiger partial charge >= 0.3 is 0 Å². The molecule has 0 radical (unpaired) electrons. The lowest BCUT2D eigenvalue weighted by atomic mass is 9.52. The minimum atomic E-state index is -3.66. The average Bonchev–Trinajstić information content (AvgIpc) is 3.39. The summed E-state index contributed by atoms with van der Waals surface area (Å²) in [5, 5.41) is 1.74. The van der Waals surface area contributed by atoms with E-state index in [1.165, 1.54) is 42.0 Å². The van der Waals surface area contributed by atoms with Crippen LogP contribution in [0.3, 0.4) is 0 Å². The third kappa shape index (κ3) is 3.52. The second kappa shape index (κ2) is 7.50. The number of rotatable bonds is 7. The zero-order chi connectivity index (χ0) is 20.9. The van der Waals surface area contributed by atoms with Crippen molar-refractivity contribution in [2.24, 2.45) is 17.8 Å². The van der Waals surface area contributed by atoms with E-state index in [1.807, 2.05) is 17.0 Å². The summed E-state index contributed by atoms with van der Waals surface area (Å²) >= 11 is 1.18. The summed E-state index contributed by atoms with van der Waals surface area (Å²) in [6, 6.07) is 7.03. The summed E-state index contributed by atoms with van der Waals surface area (Å²) in [6.45, 7) is 0.258. The summed E-state index contributed by atoms with van der Waals surface area (Å²) in [5.41, 5.74) is -0.161. The summed E-state index contributed by atoms with van der Waals surface area (Å²) in [6.07, 6.45) is 8.59. The number of amides is 1. The molecule has 0 N–H and O–H groups in total.